The van der Waals surface area contributed by atoms with E-state index in [0.717, 1.165) is 12.1 Å². The van der Waals surface area contributed by atoms with E-state index in [1.165, 1.54) is 12.1 Å². The second-order valence-corrected chi connectivity index (χ2v) is 5.50. The highest BCUT2D eigenvalue weighted by atomic mass is 35.5. The van der Waals surface area contributed by atoms with Crippen molar-refractivity contribution in [1.82, 2.24) is 4.98 Å². The third-order valence-electron chi connectivity index (χ3n) is 3.72. The highest BCUT2D eigenvalue weighted by Gasteiger charge is 2.36. The van der Waals surface area contributed by atoms with Crippen molar-refractivity contribution in [2.24, 2.45) is 0 Å². The van der Waals surface area contributed by atoms with Crippen LogP contribution in [-0.2, 0) is 0 Å². The third kappa shape index (κ3) is 1.93. The maximum absolute atomic E-state index is 14.0. The molecule has 24 heavy (non-hydrogen) atoms. The van der Waals surface area contributed by atoms with E-state index in [0.29, 0.717) is 0 Å². The zero-order chi connectivity index (χ0) is 17.0. The summed E-state index contributed by atoms with van der Waals surface area (Å²) in [5.74, 6) is -3.55. The lowest BCUT2D eigenvalue weighted by atomic mass is 9.91. The molecule has 0 N–H and O–H groups in total. The zero-order valence-electron chi connectivity index (χ0n) is 11.8. The van der Waals surface area contributed by atoms with Gasteiger partial charge < -0.3 is 4.42 Å². The van der Waals surface area contributed by atoms with Crippen LogP contribution in [-0.4, -0.2) is 16.6 Å². The van der Waals surface area contributed by atoms with Gasteiger partial charge in [-0.25, -0.2) is 13.8 Å². The second-order valence-electron chi connectivity index (χ2n) is 5.12. The third-order valence-corrected chi connectivity index (χ3v) is 4.09. The summed E-state index contributed by atoms with van der Waals surface area (Å²) >= 11 is 5.77. The monoisotopic (exact) mass is 345 g/mol. The van der Waals surface area contributed by atoms with Crippen LogP contribution in [0.4, 0.5) is 8.78 Å². The van der Waals surface area contributed by atoms with Crippen LogP contribution in [0.25, 0.3) is 11.5 Å². The van der Waals surface area contributed by atoms with Crippen molar-refractivity contribution in [2.45, 2.75) is 0 Å². The fourth-order valence-electron chi connectivity index (χ4n) is 2.59. The lowest BCUT2D eigenvalue weighted by Crippen LogP contribution is -2.19. The Morgan fingerprint density at radius 1 is 0.917 bits per heavy atom. The largest absolute Gasteiger partial charge is 0.432 e. The summed E-state index contributed by atoms with van der Waals surface area (Å²) in [5, 5.41) is -0.536. The predicted molar refractivity (Wildman–Crippen MR) is 80.2 cm³/mol. The van der Waals surface area contributed by atoms with E-state index in [-0.39, 0.29) is 22.6 Å². The molecule has 0 amide bonds. The molecule has 4 nitrogen and oxygen atoms in total. The SMILES string of the molecule is O=C1c2ccccc2C(=O)c2oc(-c3c(F)ccc(F)c3Cl)nc21. The molecule has 1 aliphatic carbocycles. The smallest absolute Gasteiger partial charge is 0.232 e. The Kier molecular flexibility index (Phi) is 3.11. The molecule has 0 unspecified atom stereocenters. The summed E-state index contributed by atoms with van der Waals surface area (Å²) in [4.78, 5) is 28.8. The van der Waals surface area contributed by atoms with Crippen LogP contribution >= 0.6 is 11.6 Å². The Morgan fingerprint density at radius 3 is 2.25 bits per heavy atom. The van der Waals surface area contributed by atoms with Gasteiger partial charge in [0, 0.05) is 11.1 Å². The normalized spacial score (nSPS) is 13.0. The molecule has 1 aromatic heterocycles. The Morgan fingerprint density at radius 2 is 1.54 bits per heavy atom. The molecule has 4 rings (SSSR count). The number of benzene rings is 2. The van der Waals surface area contributed by atoms with Gasteiger partial charge in [0.15, 0.2) is 5.69 Å². The van der Waals surface area contributed by atoms with Gasteiger partial charge in [0.25, 0.3) is 0 Å². The number of carbonyl (C=O) groups excluding carboxylic acids is 2. The number of hydrogen-bond acceptors (Lipinski definition) is 4. The molecular formula is C17H6ClF2NO3. The van der Waals surface area contributed by atoms with Crippen LogP contribution in [0.3, 0.4) is 0 Å². The summed E-state index contributed by atoms with van der Waals surface area (Å²) in [7, 11) is 0. The lowest BCUT2D eigenvalue weighted by Gasteiger charge is -2.10. The topological polar surface area (TPSA) is 60.2 Å². The summed E-state index contributed by atoms with van der Waals surface area (Å²) in [5.41, 5.74) is -0.326. The van der Waals surface area contributed by atoms with Crippen molar-refractivity contribution < 1.29 is 22.8 Å². The average molecular weight is 346 g/mol. The Balaban J connectivity index is 1.95. The number of halogens is 3. The molecule has 1 aliphatic rings. The number of hydrogen-bond donors (Lipinski definition) is 0. The quantitative estimate of drug-likeness (QED) is 0.488. The highest BCUT2D eigenvalue weighted by molar-refractivity contribution is 6.33. The highest BCUT2D eigenvalue weighted by Crippen LogP contribution is 2.36. The average Bonchev–Trinajstić information content (AvgIpc) is 3.02. The molecule has 0 saturated carbocycles. The van der Waals surface area contributed by atoms with Crippen molar-refractivity contribution in [3.8, 4) is 11.5 Å². The number of nitrogens with zero attached hydrogens (tertiary/aromatic N) is 1. The van der Waals surface area contributed by atoms with E-state index >= 15 is 0 Å². The molecule has 1 heterocycles. The van der Waals surface area contributed by atoms with E-state index in [2.05, 4.69) is 4.98 Å². The van der Waals surface area contributed by atoms with Crippen LogP contribution in [0.5, 0.6) is 0 Å². The summed E-state index contributed by atoms with van der Waals surface area (Å²) in [6.07, 6.45) is 0. The first-order chi connectivity index (χ1) is 11.5. The summed E-state index contributed by atoms with van der Waals surface area (Å²) < 4.78 is 32.9. The molecule has 0 atom stereocenters. The number of carbonyl (C=O) groups is 2. The van der Waals surface area contributed by atoms with Crippen molar-refractivity contribution in [3.63, 3.8) is 0 Å². The van der Waals surface area contributed by atoms with Gasteiger partial charge >= 0.3 is 0 Å². The second kappa shape index (κ2) is 5.07. The predicted octanol–water partition coefficient (Wildman–Crippen LogP) is 4.05. The summed E-state index contributed by atoms with van der Waals surface area (Å²) in [6, 6.07) is 7.90. The Bertz CT molecular complexity index is 990. The van der Waals surface area contributed by atoms with Crippen LogP contribution in [0.15, 0.2) is 40.8 Å². The van der Waals surface area contributed by atoms with Crippen molar-refractivity contribution in [2.75, 3.05) is 0 Å². The van der Waals surface area contributed by atoms with Crippen LogP contribution in [0.2, 0.25) is 5.02 Å². The molecule has 0 saturated heterocycles. The fraction of sp³-hybridized carbons (Fsp3) is 0. The first-order valence-corrected chi connectivity index (χ1v) is 7.20. The zero-order valence-corrected chi connectivity index (χ0v) is 12.5. The first kappa shape index (κ1) is 14.7. The number of oxazole rings is 1. The van der Waals surface area contributed by atoms with Crippen molar-refractivity contribution in [1.29, 1.82) is 0 Å². The first-order valence-electron chi connectivity index (χ1n) is 6.82. The van der Waals surface area contributed by atoms with Crippen LogP contribution in [0, 0.1) is 11.6 Å². The molecule has 118 valence electrons. The maximum atomic E-state index is 14.0. The maximum Gasteiger partial charge on any atom is 0.232 e. The standard InChI is InChI=1S/C17H6ClF2NO3/c18-12-10(20)6-5-9(19)11(12)17-21-13-14(22)7-3-1-2-4-8(7)15(23)16(13)24-17/h1-6H. The Hall–Kier alpha value is -2.86. The number of fused-ring (bicyclic) bond motifs is 2. The molecule has 2 aromatic carbocycles. The van der Waals surface area contributed by atoms with Gasteiger partial charge in [-0.2, -0.15) is 0 Å². The molecule has 7 heteroatoms. The van der Waals surface area contributed by atoms with Gasteiger partial charge in [0.2, 0.25) is 23.2 Å². The van der Waals surface area contributed by atoms with Gasteiger partial charge in [-0.1, -0.05) is 35.9 Å². The van der Waals surface area contributed by atoms with Gasteiger partial charge in [-0.05, 0) is 12.1 Å². The van der Waals surface area contributed by atoms with E-state index in [4.69, 9.17) is 16.0 Å². The van der Waals surface area contributed by atoms with Crippen molar-refractivity contribution in [3.05, 3.63) is 75.6 Å². The summed E-state index contributed by atoms with van der Waals surface area (Å²) in [6.45, 7) is 0. The van der Waals surface area contributed by atoms with E-state index in [1.807, 2.05) is 0 Å². The molecule has 0 bridgehead atoms. The van der Waals surface area contributed by atoms with Gasteiger partial charge in [-0.3, -0.25) is 9.59 Å². The van der Waals surface area contributed by atoms with Crippen LogP contribution in [0.1, 0.15) is 32.2 Å². The van der Waals surface area contributed by atoms with Crippen LogP contribution < -0.4 is 0 Å². The Labute approximate surface area is 138 Å². The fourth-order valence-corrected chi connectivity index (χ4v) is 2.82. The number of rotatable bonds is 1. The van der Waals surface area contributed by atoms with E-state index < -0.39 is 39.7 Å². The minimum atomic E-state index is -0.877. The van der Waals surface area contributed by atoms with E-state index in [1.54, 1.807) is 12.1 Å². The van der Waals surface area contributed by atoms with Gasteiger partial charge in [0.1, 0.15) is 11.6 Å². The minimum Gasteiger partial charge on any atom is -0.432 e. The molecule has 0 radical (unpaired) electrons. The molecular weight excluding hydrogens is 340 g/mol. The molecule has 0 fully saturated rings. The molecule has 0 aliphatic heterocycles. The number of ketones is 2. The van der Waals surface area contributed by atoms with Crippen molar-refractivity contribution >= 4 is 23.2 Å². The minimum absolute atomic E-state index is 0.170. The van der Waals surface area contributed by atoms with Gasteiger partial charge in [-0.15, -0.1) is 0 Å². The lowest BCUT2D eigenvalue weighted by molar-refractivity contribution is 0.0959. The molecule has 0 spiro atoms. The molecule has 3 aromatic rings. The number of aromatic nitrogens is 1. The van der Waals surface area contributed by atoms with E-state index in [9.17, 15) is 18.4 Å². The van der Waals surface area contributed by atoms with Gasteiger partial charge in [0.05, 0.1) is 10.6 Å².